The third-order valence-electron chi connectivity index (χ3n) is 3.60. The van der Waals surface area contributed by atoms with Crippen LogP contribution in [-0.2, 0) is 11.3 Å². The zero-order valence-corrected chi connectivity index (χ0v) is 12.7. The van der Waals surface area contributed by atoms with E-state index in [9.17, 15) is 18.0 Å². The van der Waals surface area contributed by atoms with Gasteiger partial charge in [0.05, 0.1) is 6.54 Å². The second-order valence-corrected chi connectivity index (χ2v) is 5.33. The monoisotopic (exact) mass is 337 g/mol. The number of carbonyl (C=O) groups excluding carboxylic acids is 1. The van der Waals surface area contributed by atoms with Crippen molar-refractivity contribution in [3.63, 3.8) is 0 Å². The number of hydrogen-bond acceptors (Lipinski definition) is 3. The van der Waals surface area contributed by atoms with Crippen molar-refractivity contribution >= 4 is 11.6 Å². The van der Waals surface area contributed by atoms with Crippen molar-refractivity contribution in [3.8, 4) is 11.5 Å². The number of rotatable bonds is 2. The highest BCUT2D eigenvalue weighted by atomic mass is 19.4. The van der Waals surface area contributed by atoms with Gasteiger partial charge in [-0.25, -0.2) is 0 Å². The number of ether oxygens (including phenoxy) is 2. The molecule has 2 aromatic carbocycles. The normalized spacial score (nSPS) is 17.8. The second kappa shape index (κ2) is 6.07. The summed E-state index contributed by atoms with van der Waals surface area (Å²) in [5, 5.41) is 0. The molecule has 0 radical (unpaired) electrons. The lowest BCUT2D eigenvalue weighted by Crippen LogP contribution is -2.37. The number of para-hydroxylation sites is 1. The molecular formula is C17H14F3NO3. The minimum Gasteiger partial charge on any atom is -0.481 e. The predicted molar refractivity (Wildman–Crippen MR) is 80.8 cm³/mol. The van der Waals surface area contributed by atoms with Gasteiger partial charge in [0.1, 0.15) is 11.5 Å². The molecule has 3 rings (SSSR count). The van der Waals surface area contributed by atoms with Crippen LogP contribution in [0.3, 0.4) is 0 Å². The molecule has 1 aliphatic heterocycles. The predicted octanol–water partition coefficient (Wildman–Crippen LogP) is 3.90. The fourth-order valence-corrected chi connectivity index (χ4v) is 2.50. The molecule has 0 saturated heterocycles. The van der Waals surface area contributed by atoms with E-state index in [1.807, 2.05) is 18.2 Å². The molecule has 24 heavy (non-hydrogen) atoms. The van der Waals surface area contributed by atoms with Gasteiger partial charge in [0.2, 0.25) is 0 Å². The molecule has 0 saturated carbocycles. The molecule has 0 aliphatic carbocycles. The number of nitrogens with zero attached hydrogens (tertiary/aromatic N) is 1. The molecule has 7 heteroatoms. The van der Waals surface area contributed by atoms with Gasteiger partial charge in [0.25, 0.3) is 5.91 Å². The van der Waals surface area contributed by atoms with E-state index in [0.29, 0.717) is 11.4 Å². The number of anilines is 1. The fraction of sp³-hybridized carbons (Fsp3) is 0.235. The summed E-state index contributed by atoms with van der Waals surface area (Å²) in [4.78, 5) is 14.0. The van der Waals surface area contributed by atoms with Crippen molar-refractivity contribution in [3.05, 3.63) is 54.1 Å². The molecule has 1 amide bonds. The molecule has 0 spiro atoms. The number of carbonyl (C=O) groups is 1. The van der Waals surface area contributed by atoms with E-state index in [-0.39, 0.29) is 18.2 Å². The number of hydrogen-bond donors (Lipinski definition) is 0. The van der Waals surface area contributed by atoms with Crippen molar-refractivity contribution < 1.29 is 27.4 Å². The van der Waals surface area contributed by atoms with Crippen LogP contribution in [0, 0.1) is 0 Å². The highest BCUT2D eigenvalue weighted by Gasteiger charge is 2.32. The molecular weight excluding hydrogens is 323 g/mol. The van der Waals surface area contributed by atoms with E-state index in [1.165, 1.54) is 29.2 Å². The first-order valence-corrected chi connectivity index (χ1v) is 7.25. The van der Waals surface area contributed by atoms with E-state index in [1.54, 1.807) is 13.0 Å². The zero-order valence-electron chi connectivity index (χ0n) is 12.7. The summed E-state index contributed by atoms with van der Waals surface area (Å²) >= 11 is 0. The van der Waals surface area contributed by atoms with Gasteiger partial charge >= 0.3 is 6.36 Å². The van der Waals surface area contributed by atoms with E-state index >= 15 is 0 Å². The average molecular weight is 337 g/mol. The van der Waals surface area contributed by atoms with Gasteiger partial charge in [-0.2, -0.15) is 0 Å². The summed E-state index contributed by atoms with van der Waals surface area (Å²) in [6.45, 7) is 1.91. The summed E-state index contributed by atoms with van der Waals surface area (Å²) in [6, 6.07) is 12.5. The van der Waals surface area contributed by atoms with Crippen molar-refractivity contribution in [1.29, 1.82) is 0 Å². The molecule has 4 nitrogen and oxygen atoms in total. The topological polar surface area (TPSA) is 38.8 Å². The van der Waals surface area contributed by atoms with Crippen molar-refractivity contribution in [1.82, 2.24) is 0 Å². The van der Waals surface area contributed by atoms with Gasteiger partial charge in [0, 0.05) is 11.3 Å². The molecule has 0 fully saturated rings. The Bertz CT molecular complexity index is 743. The Hall–Kier alpha value is -2.70. The van der Waals surface area contributed by atoms with Crippen LogP contribution in [-0.4, -0.2) is 18.4 Å². The van der Waals surface area contributed by atoms with E-state index in [0.717, 1.165) is 5.56 Å². The van der Waals surface area contributed by atoms with E-state index in [4.69, 9.17) is 4.74 Å². The minimum absolute atomic E-state index is 0.268. The van der Waals surface area contributed by atoms with Gasteiger partial charge < -0.3 is 14.4 Å². The Balaban J connectivity index is 1.88. The first kappa shape index (κ1) is 16.2. The number of benzene rings is 2. The number of amides is 1. The van der Waals surface area contributed by atoms with Gasteiger partial charge in [0.15, 0.2) is 6.10 Å². The number of alkyl halides is 3. The third kappa shape index (κ3) is 3.45. The highest BCUT2D eigenvalue weighted by Crippen LogP contribution is 2.30. The molecule has 2 aromatic rings. The van der Waals surface area contributed by atoms with Crippen LogP contribution in [0.25, 0.3) is 0 Å². The number of fused-ring (bicyclic) bond motifs is 1. The summed E-state index contributed by atoms with van der Waals surface area (Å²) in [5.41, 5.74) is 1.30. The smallest absolute Gasteiger partial charge is 0.481 e. The Kier molecular flexibility index (Phi) is 4.09. The van der Waals surface area contributed by atoms with Gasteiger partial charge in [-0.1, -0.05) is 18.2 Å². The quantitative estimate of drug-likeness (QED) is 0.834. The van der Waals surface area contributed by atoms with Gasteiger partial charge in [-0.15, -0.1) is 13.2 Å². The maximum atomic E-state index is 12.5. The molecule has 0 bridgehead atoms. The SMILES string of the molecule is CC1Oc2ccccc2CN(c2ccc(OC(F)(F)F)cc2)C1=O. The maximum absolute atomic E-state index is 12.5. The molecule has 1 heterocycles. The number of halogens is 3. The second-order valence-electron chi connectivity index (χ2n) is 5.33. The largest absolute Gasteiger partial charge is 0.573 e. The maximum Gasteiger partial charge on any atom is 0.573 e. The van der Waals surface area contributed by atoms with Crippen LogP contribution in [0.5, 0.6) is 11.5 Å². The van der Waals surface area contributed by atoms with Crippen LogP contribution in [0.4, 0.5) is 18.9 Å². The average Bonchev–Trinajstić information content (AvgIpc) is 2.64. The van der Waals surface area contributed by atoms with Gasteiger partial charge in [-0.3, -0.25) is 4.79 Å². The van der Waals surface area contributed by atoms with Crippen LogP contribution >= 0.6 is 0 Å². The third-order valence-corrected chi connectivity index (χ3v) is 3.60. The van der Waals surface area contributed by atoms with Crippen LogP contribution < -0.4 is 14.4 Å². The standard InChI is InChI=1S/C17H14F3NO3/c1-11-16(22)21(10-12-4-2-3-5-15(12)23-11)13-6-8-14(9-7-13)24-17(18,19)20/h2-9,11H,10H2,1H3. The Labute approximate surface area is 136 Å². The summed E-state index contributed by atoms with van der Waals surface area (Å²) in [6.07, 6.45) is -5.44. The lowest BCUT2D eigenvalue weighted by molar-refractivity contribution is -0.274. The fourth-order valence-electron chi connectivity index (χ4n) is 2.50. The lowest BCUT2D eigenvalue weighted by Gasteiger charge is -2.22. The Morgan fingerprint density at radius 2 is 1.79 bits per heavy atom. The Morgan fingerprint density at radius 3 is 2.46 bits per heavy atom. The van der Waals surface area contributed by atoms with Crippen molar-refractivity contribution in [2.75, 3.05) is 4.90 Å². The Morgan fingerprint density at radius 1 is 1.12 bits per heavy atom. The zero-order chi connectivity index (χ0) is 17.3. The minimum atomic E-state index is -4.75. The summed E-state index contributed by atoms with van der Waals surface area (Å²) in [5.74, 6) is 0.0202. The molecule has 1 aliphatic rings. The summed E-state index contributed by atoms with van der Waals surface area (Å²) < 4.78 is 46.2. The van der Waals surface area contributed by atoms with Crippen LogP contribution in [0.2, 0.25) is 0 Å². The van der Waals surface area contributed by atoms with Crippen molar-refractivity contribution in [2.45, 2.75) is 25.9 Å². The highest BCUT2D eigenvalue weighted by molar-refractivity contribution is 5.97. The molecule has 0 N–H and O–H groups in total. The molecule has 126 valence electrons. The first-order valence-electron chi connectivity index (χ1n) is 7.25. The van der Waals surface area contributed by atoms with Crippen LogP contribution in [0.15, 0.2) is 48.5 Å². The summed E-state index contributed by atoms with van der Waals surface area (Å²) in [7, 11) is 0. The van der Waals surface area contributed by atoms with Gasteiger partial charge in [-0.05, 0) is 37.3 Å². The first-order chi connectivity index (χ1) is 11.3. The van der Waals surface area contributed by atoms with Crippen molar-refractivity contribution in [2.24, 2.45) is 0 Å². The van der Waals surface area contributed by atoms with Crippen LogP contribution in [0.1, 0.15) is 12.5 Å². The molecule has 0 aromatic heterocycles. The van der Waals surface area contributed by atoms with E-state index in [2.05, 4.69) is 4.74 Å². The molecule has 1 atom stereocenters. The molecule has 1 unspecified atom stereocenters. The lowest BCUT2D eigenvalue weighted by atomic mass is 10.1. The van der Waals surface area contributed by atoms with E-state index < -0.39 is 12.5 Å².